The minimum Gasteiger partial charge on any atom is -0.487 e. The molecule has 1 unspecified atom stereocenters. The monoisotopic (exact) mass is 369 g/mol. The second-order valence-electron chi connectivity index (χ2n) is 7.43. The van der Waals surface area contributed by atoms with E-state index in [9.17, 15) is 0 Å². The molecule has 27 heavy (non-hydrogen) atoms. The number of benzene rings is 1. The maximum atomic E-state index is 5.84. The lowest BCUT2D eigenvalue weighted by molar-refractivity contribution is 0.0682. The lowest BCUT2D eigenvalue weighted by atomic mass is 10.1. The van der Waals surface area contributed by atoms with Gasteiger partial charge in [-0.25, -0.2) is 0 Å². The van der Waals surface area contributed by atoms with E-state index in [1.54, 1.807) is 6.20 Å². The van der Waals surface area contributed by atoms with Crippen molar-refractivity contribution in [2.75, 3.05) is 40.3 Å². The van der Waals surface area contributed by atoms with E-state index in [-0.39, 0.29) is 0 Å². The van der Waals surface area contributed by atoms with Gasteiger partial charge in [-0.1, -0.05) is 18.2 Å². The molecule has 3 rings (SSSR count). The Kier molecular flexibility index (Phi) is 7.63. The molecule has 2 heterocycles. The minimum absolute atomic E-state index is 0.383. The maximum absolute atomic E-state index is 5.84. The van der Waals surface area contributed by atoms with Gasteiger partial charge in [0, 0.05) is 39.0 Å². The first-order valence-corrected chi connectivity index (χ1v) is 9.79. The van der Waals surface area contributed by atoms with Crippen LogP contribution in [0.3, 0.4) is 0 Å². The van der Waals surface area contributed by atoms with Gasteiger partial charge in [-0.2, -0.15) is 0 Å². The molecule has 1 atom stereocenters. The maximum Gasteiger partial charge on any atom is 0.130 e. The number of ether oxygens (including phenoxy) is 2. The fourth-order valence-electron chi connectivity index (χ4n) is 3.24. The molecule has 0 N–H and O–H groups in total. The standard InChI is InChI=1S/C22H31N3O2/c1-24(2)13-14-25(17-22-7-5-15-26-22)16-19-8-10-21(11-9-19)27-18-20-6-3-4-12-23-20/h3-4,6,8-12,22H,5,7,13-18H2,1-2H3. The lowest BCUT2D eigenvalue weighted by Crippen LogP contribution is -2.36. The quantitative estimate of drug-likeness (QED) is 0.643. The van der Waals surface area contributed by atoms with Gasteiger partial charge in [-0.05, 0) is 56.8 Å². The minimum atomic E-state index is 0.383. The summed E-state index contributed by atoms with van der Waals surface area (Å²) in [6, 6.07) is 14.3. The zero-order valence-corrected chi connectivity index (χ0v) is 16.5. The Morgan fingerprint density at radius 2 is 1.96 bits per heavy atom. The summed E-state index contributed by atoms with van der Waals surface area (Å²) < 4.78 is 11.7. The summed E-state index contributed by atoms with van der Waals surface area (Å²) in [7, 11) is 4.25. The predicted molar refractivity (Wildman–Crippen MR) is 108 cm³/mol. The van der Waals surface area contributed by atoms with Gasteiger partial charge in [0.15, 0.2) is 0 Å². The van der Waals surface area contributed by atoms with E-state index >= 15 is 0 Å². The summed E-state index contributed by atoms with van der Waals surface area (Å²) in [5, 5.41) is 0. The molecule has 0 radical (unpaired) electrons. The third-order valence-electron chi connectivity index (χ3n) is 4.79. The van der Waals surface area contributed by atoms with Crippen LogP contribution in [0, 0.1) is 0 Å². The van der Waals surface area contributed by atoms with E-state index < -0.39 is 0 Å². The van der Waals surface area contributed by atoms with Gasteiger partial charge in [0.05, 0.1) is 11.8 Å². The van der Waals surface area contributed by atoms with Crippen molar-refractivity contribution in [2.24, 2.45) is 0 Å². The first kappa shape index (κ1) is 19.8. The summed E-state index contributed by atoms with van der Waals surface area (Å²) in [6.07, 6.45) is 4.54. The highest BCUT2D eigenvalue weighted by Gasteiger charge is 2.19. The Hall–Kier alpha value is -1.95. The summed E-state index contributed by atoms with van der Waals surface area (Å²) in [4.78, 5) is 9.02. The van der Waals surface area contributed by atoms with Crippen LogP contribution in [-0.4, -0.2) is 61.2 Å². The largest absolute Gasteiger partial charge is 0.487 e. The van der Waals surface area contributed by atoms with Gasteiger partial charge in [0.2, 0.25) is 0 Å². The number of likely N-dealkylation sites (N-methyl/N-ethyl adjacent to an activating group) is 1. The van der Waals surface area contributed by atoms with Gasteiger partial charge in [0.1, 0.15) is 12.4 Å². The van der Waals surface area contributed by atoms with Gasteiger partial charge in [-0.15, -0.1) is 0 Å². The molecule has 0 bridgehead atoms. The van der Waals surface area contributed by atoms with Crippen molar-refractivity contribution in [1.82, 2.24) is 14.8 Å². The molecule has 1 aromatic heterocycles. The highest BCUT2D eigenvalue weighted by Crippen LogP contribution is 2.17. The number of pyridine rings is 1. The predicted octanol–water partition coefficient (Wildman–Crippen LogP) is 3.20. The Labute approximate surface area is 162 Å². The summed E-state index contributed by atoms with van der Waals surface area (Å²) in [5.74, 6) is 0.878. The van der Waals surface area contributed by atoms with E-state index in [2.05, 4.69) is 53.1 Å². The average molecular weight is 370 g/mol. The zero-order chi connectivity index (χ0) is 18.9. The SMILES string of the molecule is CN(C)CCN(Cc1ccc(OCc2ccccn2)cc1)CC1CCCO1. The van der Waals surface area contributed by atoms with Crippen LogP contribution in [-0.2, 0) is 17.9 Å². The molecule has 5 heteroatoms. The van der Waals surface area contributed by atoms with E-state index in [0.29, 0.717) is 12.7 Å². The number of nitrogens with zero attached hydrogens (tertiary/aromatic N) is 3. The van der Waals surface area contributed by atoms with Crippen LogP contribution in [0.4, 0.5) is 0 Å². The van der Waals surface area contributed by atoms with Crippen LogP contribution in [0.2, 0.25) is 0 Å². The fourth-order valence-corrected chi connectivity index (χ4v) is 3.24. The van der Waals surface area contributed by atoms with E-state index in [1.165, 1.54) is 18.4 Å². The molecule has 0 amide bonds. The van der Waals surface area contributed by atoms with Crippen molar-refractivity contribution in [3.63, 3.8) is 0 Å². The number of aromatic nitrogens is 1. The van der Waals surface area contributed by atoms with Gasteiger partial charge in [0.25, 0.3) is 0 Å². The van der Waals surface area contributed by atoms with Crippen LogP contribution in [0.15, 0.2) is 48.7 Å². The van der Waals surface area contributed by atoms with Crippen molar-refractivity contribution < 1.29 is 9.47 Å². The van der Waals surface area contributed by atoms with Crippen molar-refractivity contribution in [3.05, 3.63) is 59.9 Å². The zero-order valence-electron chi connectivity index (χ0n) is 16.5. The van der Waals surface area contributed by atoms with Crippen molar-refractivity contribution in [2.45, 2.75) is 32.1 Å². The smallest absolute Gasteiger partial charge is 0.130 e. The Balaban J connectivity index is 1.53. The lowest BCUT2D eigenvalue weighted by Gasteiger charge is -2.26. The van der Waals surface area contributed by atoms with Crippen molar-refractivity contribution in [1.29, 1.82) is 0 Å². The van der Waals surface area contributed by atoms with E-state index in [4.69, 9.17) is 9.47 Å². The molecule has 2 aromatic rings. The number of hydrogen-bond acceptors (Lipinski definition) is 5. The molecular formula is C22H31N3O2. The van der Waals surface area contributed by atoms with Gasteiger partial charge < -0.3 is 14.4 Å². The molecule has 0 saturated carbocycles. The second kappa shape index (κ2) is 10.4. The molecule has 0 spiro atoms. The van der Waals surface area contributed by atoms with Crippen molar-refractivity contribution >= 4 is 0 Å². The first-order chi connectivity index (χ1) is 13.2. The number of rotatable bonds is 10. The topological polar surface area (TPSA) is 37.8 Å². The van der Waals surface area contributed by atoms with Gasteiger partial charge >= 0.3 is 0 Å². The first-order valence-electron chi connectivity index (χ1n) is 9.79. The highest BCUT2D eigenvalue weighted by atomic mass is 16.5. The normalized spacial score (nSPS) is 17.0. The molecule has 1 saturated heterocycles. The Morgan fingerprint density at radius 1 is 1.11 bits per heavy atom. The van der Waals surface area contributed by atoms with Gasteiger partial charge in [-0.3, -0.25) is 9.88 Å². The summed E-state index contributed by atoms with van der Waals surface area (Å²) >= 11 is 0. The molecule has 1 aromatic carbocycles. The van der Waals surface area contributed by atoms with Crippen LogP contribution >= 0.6 is 0 Å². The Morgan fingerprint density at radius 3 is 2.63 bits per heavy atom. The molecule has 1 aliphatic rings. The van der Waals surface area contributed by atoms with Crippen LogP contribution in [0.5, 0.6) is 5.75 Å². The number of hydrogen-bond donors (Lipinski definition) is 0. The average Bonchev–Trinajstić information content (AvgIpc) is 3.19. The van der Waals surface area contributed by atoms with Crippen molar-refractivity contribution in [3.8, 4) is 5.75 Å². The molecular weight excluding hydrogens is 338 g/mol. The highest BCUT2D eigenvalue weighted by molar-refractivity contribution is 5.27. The third kappa shape index (κ3) is 6.94. The van der Waals surface area contributed by atoms with Crippen LogP contribution in [0.25, 0.3) is 0 Å². The van der Waals surface area contributed by atoms with E-state index in [1.807, 2.05) is 18.2 Å². The van der Waals surface area contributed by atoms with Crippen LogP contribution < -0.4 is 4.74 Å². The molecule has 5 nitrogen and oxygen atoms in total. The summed E-state index contributed by atoms with van der Waals surface area (Å²) in [5.41, 5.74) is 2.24. The second-order valence-corrected chi connectivity index (χ2v) is 7.43. The molecule has 0 aliphatic carbocycles. The third-order valence-corrected chi connectivity index (χ3v) is 4.79. The Bertz CT molecular complexity index is 655. The molecule has 146 valence electrons. The molecule has 1 fully saturated rings. The van der Waals surface area contributed by atoms with Crippen LogP contribution in [0.1, 0.15) is 24.1 Å². The molecule has 1 aliphatic heterocycles. The summed E-state index contributed by atoms with van der Waals surface area (Å²) in [6.45, 7) is 5.45. The van der Waals surface area contributed by atoms with E-state index in [0.717, 1.165) is 44.2 Å². The fraction of sp³-hybridized carbons (Fsp3) is 0.500.